The summed E-state index contributed by atoms with van der Waals surface area (Å²) in [6.45, 7) is 17.2. The van der Waals surface area contributed by atoms with Gasteiger partial charge in [-0.2, -0.15) is 0 Å². The van der Waals surface area contributed by atoms with Gasteiger partial charge in [0.05, 0.1) is 12.0 Å². The van der Waals surface area contributed by atoms with Crippen molar-refractivity contribution in [2.45, 2.75) is 40.2 Å². The fourth-order valence-corrected chi connectivity index (χ4v) is 2.10. The molecule has 0 bridgehead atoms. The van der Waals surface area contributed by atoms with Gasteiger partial charge in [-0.15, -0.1) is 0 Å². The van der Waals surface area contributed by atoms with Crippen molar-refractivity contribution in [2.75, 3.05) is 53.4 Å². The molecule has 2 aliphatic rings. The molecule has 2 aliphatic heterocycles. The van der Waals surface area contributed by atoms with E-state index in [1.165, 1.54) is 19.2 Å². The van der Waals surface area contributed by atoms with Crippen molar-refractivity contribution in [3.05, 3.63) is 24.7 Å². The molecule has 2 N–H and O–H groups in total. The van der Waals surface area contributed by atoms with Crippen LogP contribution < -0.4 is 5.73 Å². The largest absolute Gasteiger partial charge is 0.471 e. The van der Waals surface area contributed by atoms with Crippen LogP contribution in [0.2, 0.25) is 0 Å². The minimum atomic E-state index is 0.449. The monoisotopic (exact) mass is 356 g/mol. The second-order valence-corrected chi connectivity index (χ2v) is 5.94. The Balaban J connectivity index is 0. The van der Waals surface area contributed by atoms with Gasteiger partial charge in [-0.1, -0.05) is 20.4 Å². The Bertz CT molecular complexity index is 345. The molecule has 0 aromatic carbocycles. The van der Waals surface area contributed by atoms with E-state index in [0.717, 1.165) is 44.9 Å². The highest BCUT2D eigenvalue weighted by atomic mass is 16.5. The van der Waals surface area contributed by atoms with Crippen LogP contribution in [0.3, 0.4) is 0 Å². The summed E-state index contributed by atoms with van der Waals surface area (Å²) in [4.78, 5) is 16.5. The molecule has 0 saturated carbocycles. The third kappa shape index (κ3) is 15.9. The fraction of sp³-hybridized carbons (Fsp3) is 0.737. The number of allylic oxidation sites excluding steroid dienone is 2. The van der Waals surface area contributed by atoms with E-state index >= 15 is 0 Å². The molecule has 1 amide bonds. The van der Waals surface area contributed by atoms with Gasteiger partial charge in [-0.25, -0.2) is 0 Å². The number of amides is 1. The van der Waals surface area contributed by atoms with Crippen LogP contribution in [0.1, 0.15) is 34.1 Å². The summed E-state index contributed by atoms with van der Waals surface area (Å²) in [5.41, 5.74) is 5.58. The number of carbonyl (C=O) groups excluding carboxylic acids is 1. The highest BCUT2D eigenvalue weighted by Crippen LogP contribution is 2.01. The van der Waals surface area contributed by atoms with Gasteiger partial charge in [-0.05, 0) is 47.0 Å². The van der Waals surface area contributed by atoms with Crippen molar-refractivity contribution in [2.24, 2.45) is 5.73 Å². The van der Waals surface area contributed by atoms with Gasteiger partial charge in [0, 0.05) is 38.8 Å². The van der Waals surface area contributed by atoms with Crippen LogP contribution in [0.25, 0.3) is 0 Å². The van der Waals surface area contributed by atoms with Crippen molar-refractivity contribution in [3.8, 4) is 0 Å². The Labute approximate surface area is 155 Å². The third-order valence-corrected chi connectivity index (χ3v) is 3.79. The Hall–Kier alpha value is -1.37. The van der Waals surface area contributed by atoms with Crippen LogP contribution in [-0.4, -0.2) is 80.5 Å². The molecule has 2 saturated heterocycles. The molecular weight excluding hydrogens is 316 g/mol. The maximum absolute atomic E-state index is 10.2. The lowest BCUT2D eigenvalue weighted by Crippen LogP contribution is -2.43. The highest BCUT2D eigenvalue weighted by molar-refractivity contribution is 5.47. The lowest BCUT2D eigenvalue weighted by atomic mass is 10.3. The number of nitrogens with zero attached hydrogens (tertiary/aromatic N) is 3. The number of ether oxygens (including phenoxy) is 1. The van der Waals surface area contributed by atoms with Crippen LogP contribution in [0, 0.1) is 0 Å². The van der Waals surface area contributed by atoms with E-state index in [4.69, 9.17) is 10.5 Å². The number of hydrogen-bond acceptors (Lipinski definition) is 5. The molecule has 1 atom stereocenters. The van der Waals surface area contributed by atoms with Crippen molar-refractivity contribution < 1.29 is 9.53 Å². The topological polar surface area (TPSA) is 62.0 Å². The number of likely N-dealkylation sites (tertiary alicyclic amines) is 1. The lowest BCUT2D eigenvalue weighted by Gasteiger charge is -2.29. The zero-order chi connectivity index (χ0) is 19.7. The zero-order valence-electron chi connectivity index (χ0n) is 17.2. The summed E-state index contributed by atoms with van der Waals surface area (Å²) in [5, 5.41) is 0. The molecule has 1 unspecified atom stereocenters. The van der Waals surface area contributed by atoms with Crippen molar-refractivity contribution in [3.63, 3.8) is 0 Å². The highest BCUT2D eigenvalue weighted by Gasteiger charge is 2.13. The molecular formula is C19H40N4O2. The number of piperazine rings is 1. The molecule has 25 heavy (non-hydrogen) atoms. The Kier molecular flexibility index (Phi) is 18.1. The van der Waals surface area contributed by atoms with Crippen molar-refractivity contribution in [1.29, 1.82) is 0 Å². The fourth-order valence-electron chi connectivity index (χ4n) is 2.10. The maximum atomic E-state index is 10.2. The summed E-state index contributed by atoms with van der Waals surface area (Å²) < 4.78 is 4.82. The van der Waals surface area contributed by atoms with E-state index in [-0.39, 0.29) is 0 Å². The molecule has 0 aliphatic carbocycles. The Morgan fingerprint density at radius 3 is 1.92 bits per heavy atom. The first kappa shape index (κ1) is 25.9. The van der Waals surface area contributed by atoms with E-state index in [2.05, 4.69) is 30.5 Å². The molecule has 0 radical (unpaired) electrons. The van der Waals surface area contributed by atoms with Crippen LogP contribution in [0.15, 0.2) is 24.7 Å². The number of likely N-dealkylation sites (N-methyl/N-ethyl adjacent to an activating group) is 2. The zero-order valence-corrected chi connectivity index (χ0v) is 17.2. The molecule has 2 rings (SSSR count). The van der Waals surface area contributed by atoms with Gasteiger partial charge in [0.15, 0.2) is 0 Å². The van der Waals surface area contributed by atoms with E-state index in [1.54, 1.807) is 4.90 Å². The van der Waals surface area contributed by atoms with Crippen LogP contribution in [0.4, 0.5) is 0 Å². The van der Waals surface area contributed by atoms with Crippen molar-refractivity contribution in [1.82, 2.24) is 14.7 Å². The average molecular weight is 357 g/mol. The van der Waals surface area contributed by atoms with Gasteiger partial charge in [0.25, 0.3) is 0 Å². The van der Waals surface area contributed by atoms with Gasteiger partial charge in [0.2, 0.25) is 6.41 Å². The maximum Gasteiger partial charge on any atom is 0.209 e. The smallest absolute Gasteiger partial charge is 0.209 e. The number of hydrogen-bond donors (Lipinski definition) is 1. The summed E-state index contributed by atoms with van der Waals surface area (Å²) >= 11 is 0. The van der Waals surface area contributed by atoms with Crippen LogP contribution in [0.5, 0.6) is 0 Å². The summed E-state index contributed by atoms with van der Waals surface area (Å²) in [6.07, 6.45) is 5.39. The minimum absolute atomic E-state index is 0.449. The minimum Gasteiger partial charge on any atom is -0.471 e. The first-order valence-electron chi connectivity index (χ1n) is 9.15. The Morgan fingerprint density at radius 1 is 1.12 bits per heavy atom. The van der Waals surface area contributed by atoms with E-state index in [0.29, 0.717) is 6.04 Å². The molecule has 148 valence electrons. The molecule has 2 heterocycles. The standard InChI is InChI=1S/C6H12N2O.C6H10O.C5H12N2.C2H6/c1-7-2-4-8(6-9)5-3-7;1-4-6(3)7-5-2;1-7-3-2-5(6)4-7;1-2/h6H,2-5H2,1H3;4-5H,2H2,1,3H3;5H,2-4,6H2,1H3;1-2H3/b;6-4-;;. The lowest BCUT2D eigenvalue weighted by molar-refractivity contribution is -0.119. The molecule has 6 heteroatoms. The predicted molar refractivity (Wildman–Crippen MR) is 107 cm³/mol. The molecule has 2 fully saturated rings. The summed E-state index contributed by atoms with van der Waals surface area (Å²) in [7, 11) is 4.18. The third-order valence-electron chi connectivity index (χ3n) is 3.79. The van der Waals surface area contributed by atoms with E-state index < -0.39 is 0 Å². The number of carbonyl (C=O) groups is 1. The summed E-state index contributed by atoms with van der Waals surface area (Å²) in [6, 6.07) is 0.449. The Morgan fingerprint density at radius 2 is 1.68 bits per heavy atom. The second-order valence-electron chi connectivity index (χ2n) is 5.94. The van der Waals surface area contributed by atoms with Gasteiger partial charge >= 0.3 is 0 Å². The molecule has 0 spiro atoms. The predicted octanol–water partition coefficient (Wildman–Crippen LogP) is 2.14. The van der Waals surface area contributed by atoms with Gasteiger partial charge in [0.1, 0.15) is 0 Å². The molecule has 0 aromatic rings. The second kappa shape index (κ2) is 17.5. The van der Waals surface area contributed by atoms with Gasteiger partial charge in [-0.3, -0.25) is 4.79 Å². The van der Waals surface area contributed by atoms with Crippen LogP contribution >= 0.6 is 0 Å². The van der Waals surface area contributed by atoms with Crippen LogP contribution in [-0.2, 0) is 9.53 Å². The summed E-state index contributed by atoms with van der Waals surface area (Å²) in [5.74, 6) is 0.884. The SMILES string of the molecule is C=CO/C(C)=C\C.CC.CN1CCC(N)C1.CN1CCN(C=O)CC1. The molecule has 0 aromatic heterocycles. The number of rotatable bonds is 3. The normalized spacial score (nSPS) is 20.8. The first-order chi connectivity index (χ1) is 11.9. The molecule has 6 nitrogen and oxygen atoms in total. The first-order valence-corrected chi connectivity index (χ1v) is 9.15. The van der Waals surface area contributed by atoms with E-state index in [1.807, 2.05) is 33.8 Å². The average Bonchev–Trinajstić information content (AvgIpc) is 3.01. The van der Waals surface area contributed by atoms with Crippen molar-refractivity contribution >= 4 is 6.41 Å². The van der Waals surface area contributed by atoms with E-state index in [9.17, 15) is 4.79 Å². The van der Waals surface area contributed by atoms with Gasteiger partial charge < -0.3 is 25.2 Å². The number of nitrogens with two attached hydrogens (primary N) is 1. The quantitative estimate of drug-likeness (QED) is 0.620.